The van der Waals surface area contributed by atoms with Crippen molar-refractivity contribution in [3.63, 3.8) is 0 Å². The molecule has 0 spiro atoms. The lowest BCUT2D eigenvalue weighted by molar-refractivity contribution is 0.742. The van der Waals surface area contributed by atoms with Crippen LogP contribution in [-0.2, 0) is 0 Å². The third-order valence-electron chi connectivity index (χ3n) is 2.39. The molecule has 0 aliphatic rings. The average molecular weight is 272 g/mol. The normalized spacial score (nSPS) is 10.7. The van der Waals surface area contributed by atoms with Crippen molar-refractivity contribution in [1.29, 1.82) is 0 Å². The zero-order valence-electron chi connectivity index (χ0n) is 10.7. The van der Waals surface area contributed by atoms with Crippen molar-refractivity contribution in [3.8, 4) is 11.9 Å². The Kier molecular flexibility index (Phi) is 3.27. The van der Waals surface area contributed by atoms with Crippen LogP contribution >= 0.6 is 0 Å². The first kappa shape index (κ1) is 12.1. The van der Waals surface area contributed by atoms with E-state index in [2.05, 4.69) is 47.4 Å². The molecule has 3 rings (SSSR count). The van der Waals surface area contributed by atoms with Crippen LogP contribution in [0.15, 0.2) is 25.3 Å². The van der Waals surface area contributed by atoms with Crippen LogP contribution in [0, 0.1) is 0 Å². The Morgan fingerprint density at radius 2 is 1.55 bits per heavy atom. The van der Waals surface area contributed by atoms with Gasteiger partial charge >= 0.3 is 0 Å². The fourth-order valence-corrected chi connectivity index (χ4v) is 1.50. The van der Waals surface area contributed by atoms with Crippen LogP contribution in [0.3, 0.4) is 0 Å². The lowest BCUT2D eigenvalue weighted by Crippen LogP contribution is -2.13. The molecule has 102 valence electrons. The van der Waals surface area contributed by atoms with E-state index in [1.165, 1.54) is 34.7 Å². The molecule has 0 atom stereocenters. The molecule has 20 heavy (non-hydrogen) atoms. The van der Waals surface area contributed by atoms with Gasteiger partial charge in [0.2, 0.25) is 5.95 Å². The number of anilines is 1. The summed E-state index contributed by atoms with van der Waals surface area (Å²) in [6.45, 7) is 2.82. The second kappa shape index (κ2) is 5.38. The van der Waals surface area contributed by atoms with Crippen LogP contribution in [0.5, 0.6) is 0 Å². The molecule has 3 aromatic heterocycles. The van der Waals surface area contributed by atoms with Crippen molar-refractivity contribution in [3.05, 3.63) is 25.3 Å². The van der Waals surface area contributed by atoms with Gasteiger partial charge in [0.1, 0.15) is 25.3 Å². The third kappa shape index (κ3) is 2.43. The molecule has 0 aliphatic heterocycles. The highest BCUT2D eigenvalue weighted by molar-refractivity contribution is 5.31. The molecular formula is C10H12N10. The average Bonchev–Trinajstić information content (AvgIpc) is 3.17. The predicted molar refractivity (Wildman–Crippen MR) is 68.4 cm³/mol. The molecule has 0 unspecified atom stereocenters. The minimum Gasteiger partial charge on any atom is -0.354 e. The second-order valence-corrected chi connectivity index (χ2v) is 3.87. The van der Waals surface area contributed by atoms with Gasteiger partial charge in [0, 0.05) is 6.54 Å². The molecule has 10 nitrogen and oxygen atoms in total. The van der Waals surface area contributed by atoms with E-state index >= 15 is 0 Å². The molecule has 0 amide bonds. The highest BCUT2D eigenvalue weighted by Gasteiger charge is 2.10. The topological polar surface area (TPSA) is 112 Å². The number of nitrogens with zero attached hydrogens (tertiary/aromatic N) is 9. The first-order valence-corrected chi connectivity index (χ1v) is 6.07. The van der Waals surface area contributed by atoms with Crippen molar-refractivity contribution >= 4 is 5.95 Å². The number of aromatic nitrogens is 9. The molecule has 0 aliphatic carbocycles. The SMILES string of the molecule is CCCNc1nc(-n2cncn2)nc(-n2cncn2)n1. The van der Waals surface area contributed by atoms with Gasteiger partial charge in [0.05, 0.1) is 0 Å². The quantitative estimate of drug-likeness (QED) is 0.682. The van der Waals surface area contributed by atoms with Crippen LogP contribution in [0.2, 0.25) is 0 Å². The van der Waals surface area contributed by atoms with Gasteiger partial charge < -0.3 is 5.32 Å². The monoisotopic (exact) mass is 272 g/mol. The Balaban J connectivity index is 2.03. The molecule has 0 saturated carbocycles. The number of hydrogen-bond acceptors (Lipinski definition) is 8. The Bertz CT molecular complexity index is 607. The van der Waals surface area contributed by atoms with E-state index in [0.717, 1.165) is 13.0 Å². The Labute approximate surface area is 114 Å². The fourth-order valence-electron chi connectivity index (χ4n) is 1.50. The van der Waals surface area contributed by atoms with Crippen LogP contribution < -0.4 is 5.32 Å². The zero-order chi connectivity index (χ0) is 13.8. The van der Waals surface area contributed by atoms with Gasteiger partial charge in [-0.05, 0) is 6.42 Å². The van der Waals surface area contributed by atoms with E-state index in [1.807, 2.05) is 0 Å². The third-order valence-corrected chi connectivity index (χ3v) is 2.39. The summed E-state index contributed by atoms with van der Waals surface area (Å²) in [5.74, 6) is 1.18. The van der Waals surface area contributed by atoms with Crippen molar-refractivity contribution in [1.82, 2.24) is 44.5 Å². The summed E-state index contributed by atoms with van der Waals surface area (Å²) in [6.07, 6.45) is 6.83. The largest absolute Gasteiger partial charge is 0.354 e. The van der Waals surface area contributed by atoms with Crippen molar-refractivity contribution in [2.45, 2.75) is 13.3 Å². The van der Waals surface area contributed by atoms with Crippen molar-refractivity contribution < 1.29 is 0 Å². The molecule has 0 aromatic carbocycles. The van der Waals surface area contributed by atoms with Crippen LogP contribution in [0.1, 0.15) is 13.3 Å². The van der Waals surface area contributed by atoms with E-state index in [0.29, 0.717) is 17.8 Å². The Morgan fingerprint density at radius 3 is 2.00 bits per heavy atom. The summed E-state index contributed by atoms with van der Waals surface area (Å²) in [4.78, 5) is 20.6. The van der Waals surface area contributed by atoms with Gasteiger partial charge in [-0.3, -0.25) is 0 Å². The molecule has 1 N–H and O–H groups in total. The highest BCUT2D eigenvalue weighted by atomic mass is 15.4. The molecular weight excluding hydrogens is 260 g/mol. The van der Waals surface area contributed by atoms with Gasteiger partial charge in [0.25, 0.3) is 11.9 Å². The van der Waals surface area contributed by atoms with E-state index in [1.54, 1.807) is 0 Å². The van der Waals surface area contributed by atoms with Gasteiger partial charge in [-0.25, -0.2) is 9.97 Å². The van der Waals surface area contributed by atoms with E-state index in [-0.39, 0.29) is 0 Å². The van der Waals surface area contributed by atoms with Gasteiger partial charge in [-0.15, -0.1) is 0 Å². The van der Waals surface area contributed by atoms with E-state index in [9.17, 15) is 0 Å². The molecule has 0 fully saturated rings. The molecule has 0 radical (unpaired) electrons. The molecule has 10 heteroatoms. The maximum absolute atomic E-state index is 4.29. The first-order valence-electron chi connectivity index (χ1n) is 6.07. The molecule has 0 saturated heterocycles. The first-order chi connectivity index (χ1) is 9.86. The summed E-state index contributed by atoms with van der Waals surface area (Å²) in [6, 6.07) is 0. The summed E-state index contributed by atoms with van der Waals surface area (Å²) < 4.78 is 2.92. The van der Waals surface area contributed by atoms with E-state index in [4.69, 9.17) is 0 Å². The van der Waals surface area contributed by atoms with Crippen LogP contribution in [-0.4, -0.2) is 51.0 Å². The van der Waals surface area contributed by atoms with Crippen LogP contribution in [0.25, 0.3) is 11.9 Å². The van der Waals surface area contributed by atoms with Crippen molar-refractivity contribution in [2.24, 2.45) is 0 Å². The zero-order valence-corrected chi connectivity index (χ0v) is 10.7. The minimum absolute atomic E-state index is 0.363. The fraction of sp³-hybridized carbons (Fsp3) is 0.300. The number of nitrogens with one attached hydrogen (secondary N) is 1. The second-order valence-electron chi connectivity index (χ2n) is 3.87. The summed E-state index contributed by atoms with van der Waals surface area (Å²) in [5, 5.41) is 11.1. The molecule has 3 heterocycles. The highest BCUT2D eigenvalue weighted by Crippen LogP contribution is 2.07. The van der Waals surface area contributed by atoms with Gasteiger partial charge in [0.15, 0.2) is 0 Å². The molecule has 3 aromatic rings. The van der Waals surface area contributed by atoms with Gasteiger partial charge in [-0.1, -0.05) is 6.92 Å². The lowest BCUT2D eigenvalue weighted by Gasteiger charge is -2.07. The molecule has 0 bridgehead atoms. The van der Waals surface area contributed by atoms with Crippen LogP contribution in [0.4, 0.5) is 5.95 Å². The lowest BCUT2D eigenvalue weighted by atomic mass is 10.5. The summed E-state index contributed by atoms with van der Waals surface area (Å²) in [5.41, 5.74) is 0. The van der Waals surface area contributed by atoms with E-state index < -0.39 is 0 Å². The Morgan fingerprint density at radius 1 is 0.950 bits per heavy atom. The predicted octanol–water partition coefficient (Wildman–Crippen LogP) is -0.145. The summed E-state index contributed by atoms with van der Waals surface area (Å²) in [7, 11) is 0. The summed E-state index contributed by atoms with van der Waals surface area (Å²) >= 11 is 0. The number of rotatable bonds is 5. The Hall–Kier alpha value is -2.91. The standard InChI is InChI=1S/C10H12N10/c1-2-3-13-8-16-9(19-6-11-4-14-19)18-10(17-8)20-7-12-5-15-20/h4-7H,2-3H2,1H3,(H,13,16,17,18). The number of hydrogen-bond donors (Lipinski definition) is 1. The van der Waals surface area contributed by atoms with Crippen molar-refractivity contribution in [2.75, 3.05) is 11.9 Å². The maximum atomic E-state index is 4.29. The smallest absolute Gasteiger partial charge is 0.258 e. The van der Waals surface area contributed by atoms with Gasteiger partial charge in [-0.2, -0.15) is 34.5 Å². The maximum Gasteiger partial charge on any atom is 0.258 e. The minimum atomic E-state index is 0.363.